The summed E-state index contributed by atoms with van der Waals surface area (Å²) in [6.45, 7) is 9.90. The summed E-state index contributed by atoms with van der Waals surface area (Å²) in [6, 6.07) is 20.6. The fraction of sp³-hybridized carbons (Fsp3) is 0.486. The summed E-state index contributed by atoms with van der Waals surface area (Å²) in [5, 5.41) is 0. The third-order valence-electron chi connectivity index (χ3n) is 9.38. The number of aryl methyl sites for hydroxylation is 1. The van der Waals surface area contributed by atoms with E-state index in [1.807, 2.05) is 68.3 Å². The maximum absolute atomic E-state index is 13.6. The van der Waals surface area contributed by atoms with Crippen LogP contribution in [0.15, 0.2) is 66.9 Å². The minimum Gasteiger partial charge on any atom is -0.445 e. The van der Waals surface area contributed by atoms with E-state index in [1.54, 1.807) is 4.90 Å². The molecule has 244 valence electrons. The zero-order valence-electron chi connectivity index (χ0n) is 27.7. The minimum atomic E-state index is -0.580. The number of carbonyl (C=O) groups is 2. The number of nitrogens with zero attached hydrogens (tertiary/aromatic N) is 5. The Morgan fingerprint density at radius 3 is 2.46 bits per heavy atom. The predicted octanol–water partition coefficient (Wildman–Crippen LogP) is 6.21. The third kappa shape index (κ3) is 7.30. The number of carbonyl (C=O) groups excluding carboxylic acids is 2. The van der Waals surface area contributed by atoms with Crippen molar-refractivity contribution in [3.05, 3.63) is 94.8 Å². The Labute approximate surface area is 273 Å². The molecule has 1 saturated heterocycles. The van der Waals surface area contributed by atoms with E-state index in [-0.39, 0.29) is 30.9 Å². The first-order valence-corrected chi connectivity index (χ1v) is 16.6. The van der Waals surface area contributed by atoms with E-state index in [9.17, 15) is 9.59 Å². The number of piperazine rings is 1. The summed E-state index contributed by atoms with van der Waals surface area (Å²) < 4.78 is 11.5. The lowest BCUT2D eigenvalue weighted by atomic mass is 9.89. The molecule has 2 unspecified atom stereocenters. The maximum atomic E-state index is 13.6. The van der Waals surface area contributed by atoms with Crippen LogP contribution in [0, 0.1) is 0 Å². The average Bonchev–Trinajstić information content (AvgIpc) is 3.06. The van der Waals surface area contributed by atoms with Gasteiger partial charge in [0.1, 0.15) is 12.2 Å². The van der Waals surface area contributed by atoms with Crippen LogP contribution in [0.25, 0.3) is 0 Å². The lowest BCUT2D eigenvalue weighted by Gasteiger charge is -2.43. The average molecular weight is 626 g/mol. The number of fused-ring (bicyclic) bond motifs is 2. The molecule has 0 radical (unpaired) electrons. The van der Waals surface area contributed by atoms with Crippen molar-refractivity contribution in [2.24, 2.45) is 0 Å². The van der Waals surface area contributed by atoms with E-state index in [0.29, 0.717) is 26.2 Å². The number of likely N-dealkylation sites (N-methyl/N-ethyl adjacent to an activating group) is 1. The maximum Gasteiger partial charge on any atom is 0.410 e. The number of benzene rings is 2. The van der Waals surface area contributed by atoms with E-state index < -0.39 is 5.60 Å². The van der Waals surface area contributed by atoms with Crippen LogP contribution in [0.3, 0.4) is 0 Å². The number of amides is 2. The number of rotatable bonds is 6. The molecule has 1 aromatic heterocycles. The second-order valence-electron chi connectivity index (χ2n) is 13.8. The Morgan fingerprint density at radius 1 is 0.935 bits per heavy atom. The zero-order chi connectivity index (χ0) is 32.3. The molecule has 9 heteroatoms. The van der Waals surface area contributed by atoms with Crippen molar-refractivity contribution < 1.29 is 19.1 Å². The molecule has 2 aromatic carbocycles. The molecule has 2 aliphatic heterocycles. The molecule has 9 nitrogen and oxygen atoms in total. The normalized spacial score (nSPS) is 19.8. The van der Waals surface area contributed by atoms with Gasteiger partial charge in [-0.1, -0.05) is 48.5 Å². The standard InChI is InChI=1S/C37H47N5O4/c1-37(2,3)46-36(44)42-24-29-14-9-16-32(40-19-21-41(22-20-40)35(43)45-26-27-11-6-5-7-12-27)31(29)23-30(42)25-39(4)33-17-8-13-28-15-10-18-38-34(28)33/h5-7,9-12,14-16,18,30,33H,8,13,17,19-26H2,1-4H3. The van der Waals surface area contributed by atoms with Crippen molar-refractivity contribution >= 4 is 17.9 Å². The Bertz CT molecular complexity index is 1520. The summed E-state index contributed by atoms with van der Waals surface area (Å²) in [4.78, 5) is 39.7. The molecule has 1 fully saturated rings. The number of pyridine rings is 1. The van der Waals surface area contributed by atoms with E-state index in [1.165, 1.54) is 16.8 Å². The van der Waals surface area contributed by atoms with Crippen LogP contribution in [-0.4, -0.2) is 83.3 Å². The molecule has 6 rings (SSSR count). The molecule has 0 saturated carbocycles. The summed E-state index contributed by atoms with van der Waals surface area (Å²) >= 11 is 0. The lowest BCUT2D eigenvalue weighted by molar-refractivity contribution is 0.00645. The smallest absolute Gasteiger partial charge is 0.410 e. The van der Waals surface area contributed by atoms with Gasteiger partial charge in [-0.2, -0.15) is 0 Å². The van der Waals surface area contributed by atoms with Crippen molar-refractivity contribution in [2.45, 2.75) is 77.3 Å². The van der Waals surface area contributed by atoms with Gasteiger partial charge in [0, 0.05) is 51.2 Å². The number of ether oxygens (including phenoxy) is 2. The summed E-state index contributed by atoms with van der Waals surface area (Å²) in [6.07, 6.45) is 5.34. The molecule has 3 heterocycles. The van der Waals surface area contributed by atoms with Gasteiger partial charge in [0.15, 0.2) is 0 Å². The van der Waals surface area contributed by atoms with Crippen LogP contribution in [0.5, 0.6) is 0 Å². The highest BCUT2D eigenvalue weighted by Gasteiger charge is 2.37. The Hall–Kier alpha value is -4.11. The first-order valence-electron chi connectivity index (χ1n) is 16.6. The number of anilines is 1. The van der Waals surface area contributed by atoms with Crippen molar-refractivity contribution in [2.75, 3.05) is 44.7 Å². The fourth-order valence-electron chi connectivity index (χ4n) is 7.07. The van der Waals surface area contributed by atoms with Gasteiger partial charge in [-0.05, 0) is 87.9 Å². The second-order valence-corrected chi connectivity index (χ2v) is 13.8. The SMILES string of the molecule is CN(CC1Cc2c(cccc2N2CCN(C(=O)OCc3ccccc3)CC2)CN1C(=O)OC(C)(C)C)C1CCCc2cccnc21. The first-order chi connectivity index (χ1) is 22.2. The monoisotopic (exact) mass is 625 g/mol. The van der Waals surface area contributed by atoms with Crippen LogP contribution in [0.4, 0.5) is 15.3 Å². The van der Waals surface area contributed by atoms with E-state index >= 15 is 0 Å². The van der Waals surface area contributed by atoms with Crippen molar-refractivity contribution in [3.8, 4) is 0 Å². The lowest BCUT2D eigenvalue weighted by Crippen LogP contribution is -2.52. The van der Waals surface area contributed by atoms with Crippen LogP contribution in [0.1, 0.15) is 67.6 Å². The topological polar surface area (TPSA) is 78.5 Å². The molecule has 46 heavy (non-hydrogen) atoms. The van der Waals surface area contributed by atoms with E-state index in [0.717, 1.165) is 55.6 Å². The Morgan fingerprint density at radius 2 is 1.70 bits per heavy atom. The van der Waals surface area contributed by atoms with Crippen molar-refractivity contribution in [1.29, 1.82) is 0 Å². The molecule has 0 spiro atoms. The molecule has 3 aliphatic rings. The first kappa shape index (κ1) is 31.9. The van der Waals surface area contributed by atoms with Gasteiger partial charge in [0.2, 0.25) is 0 Å². The van der Waals surface area contributed by atoms with Crippen LogP contribution in [0.2, 0.25) is 0 Å². The van der Waals surface area contributed by atoms with E-state index in [4.69, 9.17) is 14.5 Å². The summed E-state index contributed by atoms with van der Waals surface area (Å²) in [5.41, 5.74) is 6.51. The van der Waals surface area contributed by atoms with Crippen molar-refractivity contribution in [1.82, 2.24) is 19.7 Å². The van der Waals surface area contributed by atoms with Crippen molar-refractivity contribution in [3.63, 3.8) is 0 Å². The molecule has 1 aliphatic carbocycles. The van der Waals surface area contributed by atoms with Crippen LogP contribution in [-0.2, 0) is 35.5 Å². The number of aromatic nitrogens is 1. The van der Waals surface area contributed by atoms with Gasteiger partial charge < -0.3 is 19.3 Å². The van der Waals surface area contributed by atoms with Gasteiger partial charge in [-0.25, -0.2) is 9.59 Å². The largest absolute Gasteiger partial charge is 0.445 e. The number of hydrogen-bond acceptors (Lipinski definition) is 7. The molecule has 3 aromatic rings. The summed E-state index contributed by atoms with van der Waals surface area (Å²) in [5.74, 6) is 0. The molecular weight excluding hydrogens is 578 g/mol. The second kappa shape index (κ2) is 13.7. The van der Waals surface area contributed by atoms with Crippen LogP contribution < -0.4 is 4.90 Å². The summed E-state index contributed by atoms with van der Waals surface area (Å²) in [7, 11) is 2.17. The van der Waals surface area contributed by atoms with E-state index in [2.05, 4.69) is 41.1 Å². The van der Waals surface area contributed by atoms with Crippen LogP contribution >= 0.6 is 0 Å². The molecule has 2 amide bonds. The quantitative estimate of drug-likeness (QED) is 0.322. The highest BCUT2D eigenvalue weighted by atomic mass is 16.6. The number of hydrogen-bond donors (Lipinski definition) is 0. The van der Waals surface area contributed by atoms with Gasteiger partial charge in [-0.15, -0.1) is 0 Å². The van der Waals surface area contributed by atoms with Gasteiger partial charge in [0.25, 0.3) is 0 Å². The predicted molar refractivity (Wildman–Crippen MR) is 179 cm³/mol. The Balaban J connectivity index is 1.18. The minimum absolute atomic E-state index is 0.0585. The molecule has 0 bridgehead atoms. The highest BCUT2D eigenvalue weighted by molar-refractivity contribution is 5.71. The molecule has 2 atom stereocenters. The molecular formula is C37H47N5O4. The third-order valence-corrected chi connectivity index (χ3v) is 9.38. The molecule has 0 N–H and O–H groups in total. The fourth-order valence-corrected chi connectivity index (χ4v) is 7.07. The zero-order valence-corrected chi connectivity index (χ0v) is 27.7. The van der Waals surface area contributed by atoms with Gasteiger partial charge in [0.05, 0.1) is 17.8 Å². The van der Waals surface area contributed by atoms with Gasteiger partial charge in [-0.3, -0.25) is 14.8 Å². The Kier molecular flexibility index (Phi) is 9.49. The van der Waals surface area contributed by atoms with Gasteiger partial charge >= 0.3 is 12.2 Å². The highest BCUT2D eigenvalue weighted by Crippen LogP contribution is 2.36.